The normalized spacial score (nSPS) is 10.1. The lowest BCUT2D eigenvalue weighted by Gasteiger charge is -2.02. The molecule has 4 nitrogen and oxygen atoms in total. The van der Waals surface area contributed by atoms with Gasteiger partial charge in [0.25, 0.3) is 0 Å². The van der Waals surface area contributed by atoms with E-state index in [0.717, 1.165) is 0 Å². The first-order chi connectivity index (χ1) is 6.77. The molecule has 0 radical (unpaired) electrons. The Hall–Kier alpha value is -1.68. The third kappa shape index (κ3) is 1.65. The van der Waals surface area contributed by atoms with Crippen molar-refractivity contribution in [2.75, 3.05) is 5.73 Å². The summed E-state index contributed by atoms with van der Waals surface area (Å²) in [5, 5.41) is 8.13. The van der Waals surface area contributed by atoms with Gasteiger partial charge >= 0.3 is 0 Å². The van der Waals surface area contributed by atoms with Gasteiger partial charge in [-0.25, -0.2) is 4.98 Å². The summed E-state index contributed by atoms with van der Waals surface area (Å²) in [5.41, 5.74) is 6.95. The van der Waals surface area contributed by atoms with E-state index in [4.69, 9.17) is 17.3 Å². The molecule has 14 heavy (non-hydrogen) atoms. The van der Waals surface area contributed by atoms with Crippen molar-refractivity contribution in [2.24, 2.45) is 0 Å². The number of rotatable bonds is 1. The molecule has 0 aliphatic rings. The minimum atomic E-state index is 0.477. The van der Waals surface area contributed by atoms with Gasteiger partial charge in [0, 0.05) is 17.4 Å². The van der Waals surface area contributed by atoms with Crippen molar-refractivity contribution >= 4 is 17.3 Å². The molecule has 0 aliphatic carbocycles. The van der Waals surface area contributed by atoms with Gasteiger partial charge in [-0.15, -0.1) is 5.10 Å². The van der Waals surface area contributed by atoms with Gasteiger partial charge in [0.2, 0.25) is 0 Å². The average Bonchev–Trinajstić information content (AvgIpc) is 2.23. The Balaban J connectivity index is 2.57. The summed E-state index contributed by atoms with van der Waals surface area (Å²) in [6.45, 7) is 0. The molecule has 1 heterocycles. The molecule has 0 saturated heterocycles. The van der Waals surface area contributed by atoms with Crippen LogP contribution in [0, 0.1) is 0 Å². The Kier molecular flexibility index (Phi) is 2.28. The molecule has 0 unspecified atom stereocenters. The van der Waals surface area contributed by atoms with Crippen molar-refractivity contribution in [1.29, 1.82) is 0 Å². The van der Waals surface area contributed by atoms with Crippen LogP contribution in [0.25, 0.3) is 11.4 Å². The Morgan fingerprint density at radius 3 is 2.79 bits per heavy atom. The molecule has 0 amide bonds. The predicted octanol–water partition coefficient (Wildman–Crippen LogP) is 1.77. The second kappa shape index (κ2) is 3.59. The maximum absolute atomic E-state index is 5.97. The number of benzene rings is 1. The van der Waals surface area contributed by atoms with Crippen molar-refractivity contribution in [3.8, 4) is 11.4 Å². The molecule has 0 bridgehead atoms. The molecular formula is C9H7ClN4. The van der Waals surface area contributed by atoms with E-state index in [1.54, 1.807) is 24.4 Å². The topological polar surface area (TPSA) is 64.7 Å². The molecule has 2 rings (SSSR count). The van der Waals surface area contributed by atoms with Gasteiger partial charge < -0.3 is 5.73 Å². The van der Waals surface area contributed by atoms with E-state index in [9.17, 15) is 0 Å². The van der Waals surface area contributed by atoms with Crippen LogP contribution >= 0.6 is 11.6 Å². The number of halogens is 1. The lowest BCUT2D eigenvalue weighted by Crippen LogP contribution is -1.92. The summed E-state index contributed by atoms with van der Waals surface area (Å²) < 4.78 is 0. The van der Waals surface area contributed by atoms with Crippen LogP contribution in [0.2, 0.25) is 5.02 Å². The van der Waals surface area contributed by atoms with Crippen LogP contribution in [0.4, 0.5) is 5.69 Å². The monoisotopic (exact) mass is 206 g/mol. The van der Waals surface area contributed by atoms with Crippen molar-refractivity contribution in [3.05, 3.63) is 35.6 Å². The SMILES string of the molecule is Nc1ccc(Cl)c(-c2nccnn2)c1. The summed E-state index contributed by atoms with van der Waals surface area (Å²) in [7, 11) is 0. The lowest BCUT2D eigenvalue weighted by molar-refractivity contribution is 0.980. The Morgan fingerprint density at radius 2 is 2.07 bits per heavy atom. The number of nitrogen functional groups attached to an aromatic ring is 1. The second-order valence-electron chi connectivity index (χ2n) is 2.71. The molecule has 0 atom stereocenters. The number of anilines is 1. The van der Waals surface area contributed by atoms with E-state index in [-0.39, 0.29) is 0 Å². The highest BCUT2D eigenvalue weighted by molar-refractivity contribution is 6.33. The van der Waals surface area contributed by atoms with Crippen molar-refractivity contribution in [2.45, 2.75) is 0 Å². The van der Waals surface area contributed by atoms with E-state index in [0.29, 0.717) is 22.1 Å². The van der Waals surface area contributed by atoms with Crippen molar-refractivity contribution in [3.63, 3.8) is 0 Å². The number of hydrogen-bond donors (Lipinski definition) is 1. The minimum Gasteiger partial charge on any atom is -0.399 e. The van der Waals surface area contributed by atoms with Crippen molar-refractivity contribution < 1.29 is 0 Å². The highest BCUT2D eigenvalue weighted by Crippen LogP contribution is 2.26. The van der Waals surface area contributed by atoms with Crippen LogP contribution in [0.15, 0.2) is 30.6 Å². The first-order valence-electron chi connectivity index (χ1n) is 3.96. The fourth-order valence-corrected chi connectivity index (χ4v) is 1.29. The zero-order valence-corrected chi connectivity index (χ0v) is 7.94. The number of hydrogen-bond acceptors (Lipinski definition) is 4. The highest BCUT2D eigenvalue weighted by Gasteiger charge is 2.06. The van der Waals surface area contributed by atoms with Gasteiger partial charge in [0.15, 0.2) is 5.82 Å². The van der Waals surface area contributed by atoms with Gasteiger partial charge in [-0.1, -0.05) is 11.6 Å². The molecule has 0 fully saturated rings. The maximum atomic E-state index is 5.97. The summed E-state index contributed by atoms with van der Waals surface area (Å²) >= 11 is 5.97. The van der Waals surface area contributed by atoms with Crippen LogP contribution in [-0.4, -0.2) is 15.2 Å². The van der Waals surface area contributed by atoms with Crippen LogP contribution < -0.4 is 5.73 Å². The standard InChI is InChI=1S/C9H7ClN4/c10-8-2-1-6(11)5-7(8)9-12-3-4-13-14-9/h1-5H,11H2. The molecule has 5 heteroatoms. The summed E-state index contributed by atoms with van der Waals surface area (Å²) in [6, 6.07) is 5.16. The minimum absolute atomic E-state index is 0.477. The van der Waals surface area contributed by atoms with E-state index in [2.05, 4.69) is 15.2 Å². The fraction of sp³-hybridized carbons (Fsp3) is 0. The molecular weight excluding hydrogens is 200 g/mol. The van der Waals surface area contributed by atoms with Crippen LogP contribution in [0.3, 0.4) is 0 Å². The van der Waals surface area contributed by atoms with Crippen molar-refractivity contribution in [1.82, 2.24) is 15.2 Å². The number of nitrogens with zero attached hydrogens (tertiary/aromatic N) is 3. The quantitative estimate of drug-likeness (QED) is 0.723. The van der Waals surface area contributed by atoms with E-state index >= 15 is 0 Å². The first kappa shape index (κ1) is 8.90. The molecule has 1 aromatic carbocycles. The first-order valence-corrected chi connectivity index (χ1v) is 4.34. The molecule has 0 spiro atoms. The number of nitrogens with two attached hydrogens (primary N) is 1. The maximum Gasteiger partial charge on any atom is 0.183 e. The van der Waals surface area contributed by atoms with Gasteiger partial charge in [-0.2, -0.15) is 5.10 Å². The summed E-state index contributed by atoms with van der Waals surface area (Å²) in [5.74, 6) is 0.477. The average molecular weight is 207 g/mol. The lowest BCUT2D eigenvalue weighted by atomic mass is 10.2. The van der Waals surface area contributed by atoms with Gasteiger partial charge in [0.1, 0.15) is 0 Å². The largest absolute Gasteiger partial charge is 0.399 e. The zero-order valence-electron chi connectivity index (χ0n) is 7.18. The van der Waals surface area contributed by atoms with E-state index in [1.165, 1.54) is 6.20 Å². The third-order valence-corrected chi connectivity index (χ3v) is 2.04. The predicted molar refractivity (Wildman–Crippen MR) is 54.7 cm³/mol. The third-order valence-electron chi connectivity index (χ3n) is 1.71. The number of aromatic nitrogens is 3. The highest BCUT2D eigenvalue weighted by atomic mass is 35.5. The molecule has 2 N–H and O–H groups in total. The second-order valence-corrected chi connectivity index (χ2v) is 3.11. The zero-order chi connectivity index (χ0) is 9.97. The summed E-state index contributed by atoms with van der Waals surface area (Å²) in [6.07, 6.45) is 3.06. The Labute approximate surface area is 85.8 Å². The Bertz CT molecular complexity index is 444. The summed E-state index contributed by atoms with van der Waals surface area (Å²) in [4.78, 5) is 4.04. The smallest absolute Gasteiger partial charge is 0.183 e. The van der Waals surface area contributed by atoms with Crippen LogP contribution in [-0.2, 0) is 0 Å². The van der Waals surface area contributed by atoms with E-state index in [1.807, 2.05) is 0 Å². The molecule has 2 aromatic rings. The van der Waals surface area contributed by atoms with Gasteiger partial charge in [0.05, 0.1) is 11.2 Å². The molecule has 1 aromatic heterocycles. The van der Waals surface area contributed by atoms with Gasteiger partial charge in [-0.3, -0.25) is 0 Å². The molecule has 0 saturated carbocycles. The fourth-order valence-electron chi connectivity index (χ4n) is 1.09. The molecule has 0 aliphatic heterocycles. The van der Waals surface area contributed by atoms with Crippen LogP contribution in [0.1, 0.15) is 0 Å². The van der Waals surface area contributed by atoms with Gasteiger partial charge in [-0.05, 0) is 18.2 Å². The molecule has 70 valence electrons. The van der Waals surface area contributed by atoms with E-state index < -0.39 is 0 Å². The Morgan fingerprint density at radius 1 is 1.21 bits per heavy atom. The van der Waals surface area contributed by atoms with Crippen LogP contribution in [0.5, 0.6) is 0 Å².